The van der Waals surface area contributed by atoms with Crippen molar-refractivity contribution in [2.24, 2.45) is 11.7 Å². The third kappa shape index (κ3) is 2.28. The first kappa shape index (κ1) is 10.0. The second-order valence-corrected chi connectivity index (χ2v) is 4.72. The maximum absolute atomic E-state index is 6.15. The summed E-state index contributed by atoms with van der Waals surface area (Å²) in [6.07, 6.45) is 3.77. The van der Waals surface area contributed by atoms with E-state index in [1.54, 1.807) is 0 Å². The third-order valence-corrected chi connectivity index (χ3v) is 3.17. The second kappa shape index (κ2) is 3.92. The SMILES string of the molecule is Cc1ccc(C(N)CC2CC2)c(Cl)c1. The summed E-state index contributed by atoms with van der Waals surface area (Å²) in [6, 6.07) is 6.25. The van der Waals surface area contributed by atoms with Crippen molar-refractivity contribution in [2.75, 3.05) is 0 Å². The number of aryl methyl sites for hydroxylation is 1. The molecule has 1 saturated carbocycles. The molecule has 0 aliphatic heterocycles. The van der Waals surface area contributed by atoms with E-state index in [0.29, 0.717) is 0 Å². The lowest BCUT2D eigenvalue weighted by Crippen LogP contribution is -2.11. The molecule has 0 bridgehead atoms. The van der Waals surface area contributed by atoms with E-state index < -0.39 is 0 Å². The normalized spacial score (nSPS) is 18.2. The Hall–Kier alpha value is -0.530. The molecule has 1 nitrogen and oxygen atoms in total. The van der Waals surface area contributed by atoms with Gasteiger partial charge in [0.2, 0.25) is 0 Å². The van der Waals surface area contributed by atoms with Crippen molar-refractivity contribution in [3.8, 4) is 0 Å². The summed E-state index contributed by atoms with van der Waals surface area (Å²) in [5.41, 5.74) is 8.40. The van der Waals surface area contributed by atoms with Gasteiger partial charge >= 0.3 is 0 Å². The van der Waals surface area contributed by atoms with Gasteiger partial charge < -0.3 is 5.73 Å². The van der Waals surface area contributed by atoms with Crippen LogP contribution in [-0.4, -0.2) is 0 Å². The van der Waals surface area contributed by atoms with Gasteiger partial charge in [0.25, 0.3) is 0 Å². The quantitative estimate of drug-likeness (QED) is 0.811. The summed E-state index contributed by atoms with van der Waals surface area (Å²) in [6.45, 7) is 2.04. The lowest BCUT2D eigenvalue weighted by atomic mass is 10.0. The van der Waals surface area contributed by atoms with Crippen LogP contribution in [0.3, 0.4) is 0 Å². The number of halogens is 1. The van der Waals surface area contributed by atoms with Crippen LogP contribution in [-0.2, 0) is 0 Å². The molecule has 1 aliphatic rings. The van der Waals surface area contributed by atoms with Crippen LogP contribution in [0.25, 0.3) is 0 Å². The monoisotopic (exact) mass is 209 g/mol. The van der Waals surface area contributed by atoms with Crippen LogP contribution >= 0.6 is 11.6 Å². The number of hydrogen-bond donors (Lipinski definition) is 1. The van der Waals surface area contributed by atoms with Crippen molar-refractivity contribution in [3.63, 3.8) is 0 Å². The molecule has 1 aromatic carbocycles. The predicted molar refractivity (Wildman–Crippen MR) is 60.5 cm³/mol. The first-order valence-electron chi connectivity index (χ1n) is 5.18. The molecule has 2 rings (SSSR count). The molecule has 2 N–H and O–H groups in total. The summed E-state index contributed by atoms with van der Waals surface area (Å²) in [7, 11) is 0. The highest BCUT2D eigenvalue weighted by molar-refractivity contribution is 6.31. The summed E-state index contributed by atoms with van der Waals surface area (Å²) in [5.74, 6) is 0.849. The predicted octanol–water partition coefficient (Wildman–Crippen LogP) is 3.45. The van der Waals surface area contributed by atoms with Crippen molar-refractivity contribution in [3.05, 3.63) is 34.3 Å². The Morgan fingerprint density at radius 3 is 2.79 bits per heavy atom. The summed E-state index contributed by atoms with van der Waals surface area (Å²) < 4.78 is 0. The highest BCUT2D eigenvalue weighted by Crippen LogP contribution is 2.38. The highest BCUT2D eigenvalue weighted by Gasteiger charge is 2.25. The van der Waals surface area contributed by atoms with Crippen molar-refractivity contribution in [2.45, 2.75) is 32.2 Å². The average Bonchev–Trinajstić information content (AvgIpc) is 2.87. The van der Waals surface area contributed by atoms with Crippen molar-refractivity contribution >= 4 is 11.6 Å². The Balaban J connectivity index is 2.13. The van der Waals surface area contributed by atoms with Gasteiger partial charge in [-0.25, -0.2) is 0 Å². The number of hydrogen-bond acceptors (Lipinski definition) is 1. The Morgan fingerprint density at radius 2 is 2.21 bits per heavy atom. The zero-order valence-corrected chi connectivity index (χ0v) is 9.22. The van der Waals surface area contributed by atoms with Gasteiger partial charge in [0.1, 0.15) is 0 Å². The number of rotatable bonds is 3. The molecule has 1 aromatic rings. The van der Waals surface area contributed by atoms with Gasteiger partial charge in [0.15, 0.2) is 0 Å². The lowest BCUT2D eigenvalue weighted by molar-refractivity contribution is 0.597. The topological polar surface area (TPSA) is 26.0 Å². The molecule has 0 spiro atoms. The summed E-state index contributed by atoms with van der Waals surface area (Å²) >= 11 is 6.15. The first-order valence-corrected chi connectivity index (χ1v) is 5.56. The minimum absolute atomic E-state index is 0.121. The second-order valence-electron chi connectivity index (χ2n) is 4.31. The summed E-state index contributed by atoms with van der Waals surface area (Å²) in [5, 5.41) is 0.818. The molecular weight excluding hydrogens is 194 g/mol. The fourth-order valence-corrected chi connectivity index (χ4v) is 2.15. The van der Waals surface area contributed by atoms with Gasteiger partial charge in [-0.3, -0.25) is 0 Å². The molecule has 0 aromatic heterocycles. The largest absolute Gasteiger partial charge is 0.324 e. The summed E-state index contributed by atoms with van der Waals surface area (Å²) in [4.78, 5) is 0. The minimum atomic E-state index is 0.121. The van der Waals surface area contributed by atoms with E-state index in [2.05, 4.69) is 12.1 Å². The molecule has 14 heavy (non-hydrogen) atoms. The smallest absolute Gasteiger partial charge is 0.0456 e. The Bertz CT molecular complexity index is 331. The van der Waals surface area contributed by atoms with Crippen molar-refractivity contribution in [1.29, 1.82) is 0 Å². The van der Waals surface area contributed by atoms with Gasteiger partial charge in [-0.05, 0) is 36.5 Å². The molecule has 0 radical (unpaired) electrons. The van der Waals surface area contributed by atoms with E-state index in [-0.39, 0.29) is 6.04 Å². The van der Waals surface area contributed by atoms with E-state index in [9.17, 15) is 0 Å². The molecule has 1 atom stereocenters. The molecule has 1 fully saturated rings. The molecule has 0 saturated heterocycles. The maximum atomic E-state index is 6.15. The van der Waals surface area contributed by atoms with Gasteiger partial charge in [-0.1, -0.05) is 36.6 Å². The van der Waals surface area contributed by atoms with E-state index >= 15 is 0 Å². The van der Waals surface area contributed by atoms with Crippen LogP contribution < -0.4 is 5.73 Å². The molecule has 0 heterocycles. The van der Waals surface area contributed by atoms with Gasteiger partial charge in [-0.2, -0.15) is 0 Å². The molecule has 1 unspecified atom stereocenters. The van der Waals surface area contributed by atoms with E-state index in [1.807, 2.05) is 13.0 Å². The fraction of sp³-hybridized carbons (Fsp3) is 0.500. The Labute approximate surface area is 90.3 Å². The fourth-order valence-electron chi connectivity index (χ4n) is 1.77. The van der Waals surface area contributed by atoms with E-state index in [4.69, 9.17) is 17.3 Å². The Morgan fingerprint density at radius 1 is 1.50 bits per heavy atom. The van der Waals surface area contributed by atoms with E-state index in [1.165, 1.54) is 18.4 Å². The van der Waals surface area contributed by atoms with Crippen LogP contribution in [0.15, 0.2) is 18.2 Å². The van der Waals surface area contributed by atoms with Crippen LogP contribution in [0, 0.1) is 12.8 Å². The molecule has 1 aliphatic carbocycles. The zero-order valence-electron chi connectivity index (χ0n) is 8.46. The average molecular weight is 210 g/mol. The van der Waals surface area contributed by atoms with Gasteiger partial charge in [0, 0.05) is 11.1 Å². The van der Waals surface area contributed by atoms with Gasteiger partial charge in [-0.15, -0.1) is 0 Å². The third-order valence-electron chi connectivity index (χ3n) is 2.84. The van der Waals surface area contributed by atoms with E-state index in [0.717, 1.165) is 22.9 Å². The Kier molecular flexibility index (Phi) is 2.80. The molecular formula is C12H16ClN. The lowest BCUT2D eigenvalue weighted by Gasteiger charge is -2.13. The van der Waals surface area contributed by atoms with Crippen LogP contribution in [0.5, 0.6) is 0 Å². The van der Waals surface area contributed by atoms with Crippen LogP contribution in [0.1, 0.15) is 36.4 Å². The number of benzene rings is 1. The first-order chi connectivity index (χ1) is 6.66. The van der Waals surface area contributed by atoms with Gasteiger partial charge in [0.05, 0.1) is 0 Å². The van der Waals surface area contributed by atoms with Crippen LogP contribution in [0.2, 0.25) is 5.02 Å². The van der Waals surface area contributed by atoms with Crippen molar-refractivity contribution in [1.82, 2.24) is 0 Å². The van der Waals surface area contributed by atoms with Crippen LogP contribution in [0.4, 0.5) is 0 Å². The highest BCUT2D eigenvalue weighted by atomic mass is 35.5. The standard InChI is InChI=1S/C12H16ClN/c1-8-2-5-10(11(13)6-8)12(14)7-9-3-4-9/h2,5-6,9,12H,3-4,7,14H2,1H3. The minimum Gasteiger partial charge on any atom is -0.324 e. The zero-order chi connectivity index (χ0) is 10.1. The molecule has 2 heteroatoms. The van der Waals surface area contributed by atoms with Crippen molar-refractivity contribution < 1.29 is 0 Å². The molecule has 76 valence electrons. The molecule has 0 amide bonds. The number of nitrogens with two attached hydrogens (primary N) is 1. The maximum Gasteiger partial charge on any atom is 0.0456 e.